The van der Waals surface area contributed by atoms with E-state index in [1.807, 2.05) is 24.4 Å². The van der Waals surface area contributed by atoms with Crippen LogP contribution in [-0.4, -0.2) is 23.3 Å². The molecule has 2 aromatic heterocycles. The van der Waals surface area contributed by atoms with Gasteiger partial charge in [0.2, 0.25) is 0 Å². The number of nitrogens with one attached hydrogen (secondary N) is 2. The van der Waals surface area contributed by atoms with Gasteiger partial charge in [-0.2, -0.15) is 0 Å². The van der Waals surface area contributed by atoms with Gasteiger partial charge in [0.15, 0.2) is 0 Å². The van der Waals surface area contributed by atoms with Crippen molar-refractivity contribution < 1.29 is 9.59 Å². The van der Waals surface area contributed by atoms with Crippen molar-refractivity contribution in [2.75, 3.05) is 11.9 Å². The van der Waals surface area contributed by atoms with Crippen LogP contribution in [0.5, 0.6) is 0 Å². The molecule has 0 aromatic carbocycles. The lowest BCUT2D eigenvalue weighted by molar-refractivity contribution is -0.136. The molecule has 0 spiro atoms. The zero-order chi connectivity index (χ0) is 14.4. The number of aromatic nitrogens is 1. The molecule has 6 heteroatoms. The molecular weight excluding hydrogens is 274 g/mol. The third-order valence-electron chi connectivity index (χ3n) is 2.72. The molecule has 0 fully saturated rings. The van der Waals surface area contributed by atoms with E-state index in [4.69, 9.17) is 0 Å². The standard InChI is InChI=1S/C14H15N3O2S/c1-10(12-5-3-7-20-12)8-16-13(18)14(19)17-11-4-2-6-15-9-11/h2-7,9-10H,8H2,1H3,(H,16,18)(H,17,19)/t10-/m1/s1. The summed E-state index contributed by atoms with van der Waals surface area (Å²) in [5.41, 5.74) is 0.499. The average molecular weight is 289 g/mol. The van der Waals surface area contributed by atoms with Crippen LogP contribution >= 0.6 is 11.3 Å². The van der Waals surface area contributed by atoms with E-state index in [2.05, 4.69) is 15.6 Å². The summed E-state index contributed by atoms with van der Waals surface area (Å²) in [7, 11) is 0. The molecule has 1 atom stereocenters. The minimum absolute atomic E-state index is 0.185. The van der Waals surface area contributed by atoms with Gasteiger partial charge in [-0.3, -0.25) is 14.6 Å². The van der Waals surface area contributed by atoms with Crippen molar-refractivity contribution in [2.24, 2.45) is 0 Å². The normalized spacial score (nSPS) is 11.7. The predicted octanol–water partition coefficient (Wildman–Crippen LogP) is 2.00. The summed E-state index contributed by atoms with van der Waals surface area (Å²) in [6, 6.07) is 7.34. The van der Waals surface area contributed by atoms with E-state index in [1.54, 1.807) is 29.7 Å². The molecule has 2 aromatic rings. The summed E-state index contributed by atoms with van der Waals surface area (Å²) in [6.07, 6.45) is 3.08. The van der Waals surface area contributed by atoms with Gasteiger partial charge in [0.25, 0.3) is 0 Å². The molecule has 20 heavy (non-hydrogen) atoms. The van der Waals surface area contributed by atoms with Crippen molar-refractivity contribution >= 4 is 28.8 Å². The van der Waals surface area contributed by atoms with Crippen molar-refractivity contribution in [1.82, 2.24) is 10.3 Å². The third kappa shape index (κ3) is 3.89. The zero-order valence-electron chi connectivity index (χ0n) is 11.0. The maximum atomic E-state index is 11.7. The molecule has 0 saturated carbocycles. The Morgan fingerprint density at radius 3 is 2.80 bits per heavy atom. The van der Waals surface area contributed by atoms with Crippen molar-refractivity contribution in [2.45, 2.75) is 12.8 Å². The van der Waals surface area contributed by atoms with E-state index in [0.717, 1.165) is 0 Å². The topological polar surface area (TPSA) is 71.1 Å². The minimum Gasteiger partial charge on any atom is -0.347 e. The zero-order valence-corrected chi connectivity index (χ0v) is 11.8. The van der Waals surface area contributed by atoms with Gasteiger partial charge in [-0.25, -0.2) is 0 Å². The van der Waals surface area contributed by atoms with Crippen LogP contribution in [0.3, 0.4) is 0 Å². The van der Waals surface area contributed by atoms with Crippen LogP contribution in [0, 0.1) is 0 Å². The Balaban J connectivity index is 1.81. The van der Waals surface area contributed by atoms with Gasteiger partial charge in [-0.1, -0.05) is 13.0 Å². The average Bonchev–Trinajstić information content (AvgIpc) is 2.99. The second-order valence-electron chi connectivity index (χ2n) is 4.32. The van der Waals surface area contributed by atoms with Crippen molar-refractivity contribution in [3.63, 3.8) is 0 Å². The fourth-order valence-corrected chi connectivity index (χ4v) is 2.41. The van der Waals surface area contributed by atoms with Crippen LogP contribution < -0.4 is 10.6 Å². The SMILES string of the molecule is C[C@H](CNC(=O)C(=O)Nc1cccnc1)c1cccs1. The lowest BCUT2D eigenvalue weighted by Gasteiger charge is -2.10. The molecule has 0 radical (unpaired) electrons. The molecule has 0 unspecified atom stereocenters. The van der Waals surface area contributed by atoms with Crippen LogP contribution in [0.2, 0.25) is 0 Å². The van der Waals surface area contributed by atoms with Gasteiger partial charge < -0.3 is 10.6 Å². The van der Waals surface area contributed by atoms with Gasteiger partial charge in [-0.05, 0) is 23.6 Å². The third-order valence-corrected chi connectivity index (χ3v) is 3.83. The smallest absolute Gasteiger partial charge is 0.313 e. The highest BCUT2D eigenvalue weighted by Crippen LogP contribution is 2.19. The molecule has 2 N–H and O–H groups in total. The van der Waals surface area contributed by atoms with E-state index < -0.39 is 11.8 Å². The van der Waals surface area contributed by atoms with Crippen molar-refractivity contribution in [3.05, 3.63) is 46.9 Å². The Hall–Kier alpha value is -2.21. The summed E-state index contributed by atoms with van der Waals surface area (Å²) < 4.78 is 0. The molecule has 0 aliphatic rings. The number of rotatable bonds is 4. The van der Waals surface area contributed by atoms with Gasteiger partial charge >= 0.3 is 11.8 Å². The quantitative estimate of drug-likeness (QED) is 0.846. The van der Waals surface area contributed by atoms with Gasteiger partial charge in [0.05, 0.1) is 11.9 Å². The number of anilines is 1. The number of nitrogens with zero attached hydrogens (tertiary/aromatic N) is 1. The summed E-state index contributed by atoms with van der Waals surface area (Å²) >= 11 is 1.63. The first-order valence-electron chi connectivity index (χ1n) is 6.19. The fraction of sp³-hybridized carbons (Fsp3) is 0.214. The first-order valence-corrected chi connectivity index (χ1v) is 7.07. The highest BCUT2D eigenvalue weighted by atomic mass is 32.1. The van der Waals surface area contributed by atoms with Crippen LogP contribution in [-0.2, 0) is 9.59 Å². The number of pyridine rings is 1. The Morgan fingerprint density at radius 2 is 2.15 bits per heavy atom. The van der Waals surface area contributed by atoms with Gasteiger partial charge in [-0.15, -0.1) is 11.3 Å². The molecule has 0 aliphatic heterocycles. The lowest BCUT2D eigenvalue weighted by Crippen LogP contribution is -2.37. The second kappa shape index (κ2) is 6.81. The highest BCUT2D eigenvalue weighted by molar-refractivity contribution is 7.10. The van der Waals surface area contributed by atoms with Crippen LogP contribution in [0.4, 0.5) is 5.69 Å². The molecule has 2 rings (SSSR count). The Bertz CT molecular complexity index is 569. The van der Waals surface area contributed by atoms with E-state index in [1.165, 1.54) is 11.1 Å². The van der Waals surface area contributed by atoms with Crippen LogP contribution in [0.15, 0.2) is 42.0 Å². The summed E-state index contributed by atoms with van der Waals surface area (Å²) in [4.78, 5) is 28.4. The largest absolute Gasteiger partial charge is 0.347 e. The summed E-state index contributed by atoms with van der Waals surface area (Å²) in [5, 5.41) is 7.10. The Labute approximate surface area is 121 Å². The fourth-order valence-electron chi connectivity index (χ4n) is 1.62. The highest BCUT2D eigenvalue weighted by Gasteiger charge is 2.15. The van der Waals surface area contributed by atoms with E-state index in [0.29, 0.717) is 12.2 Å². The van der Waals surface area contributed by atoms with E-state index >= 15 is 0 Å². The van der Waals surface area contributed by atoms with E-state index in [-0.39, 0.29) is 5.92 Å². The molecule has 5 nitrogen and oxygen atoms in total. The van der Waals surface area contributed by atoms with Gasteiger partial charge in [0, 0.05) is 23.5 Å². The molecular formula is C14H15N3O2S. The molecule has 0 saturated heterocycles. The van der Waals surface area contributed by atoms with Crippen LogP contribution in [0.25, 0.3) is 0 Å². The molecule has 2 heterocycles. The molecule has 0 aliphatic carbocycles. The number of hydrogen-bond donors (Lipinski definition) is 2. The number of thiophene rings is 1. The number of amides is 2. The Morgan fingerprint density at radius 1 is 1.30 bits per heavy atom. The molecule has 2 amide bonds. The van der Waals surface area contributed by atoms with Crippen LogP contribution in [0.1, 0.15) is 17.7 Å². The predicted molar refractivity (Wildman–Crippen MR) is 78.6 cm³/mol. The molecule has 0 bridgehead atoms. The number of carbonyl (C=O) groups is 2. The van der Waals surface area contributed by atoms with Crippen molar-refractivity contribution in [1.29, 1.82) is 0 Å². The number of hydrogen-bond acceptors (Lipinski definition) is 4. The lowest BCUT2D eigenvalue weighted by atomic mass is 10.1. The first kappa shape index (κ1) is 14.2. The van der Waals surface area contributed by atoms with Gasteiger partial charge in [0.1, 0.15) is 0 Å². The maximum Gasteiger partial charge on any atom is 0.313 e. The second-order valence-corrected chi connectivity index (χ2v) is 5.30. The summed E-state index contributed by atoms with van der Waals surface area (Å²) in [6.45, 7) is 2.44. The Kier molecular flexibility index (Phi) is 4.84. The minimum atomic E-state index is -0.684. The monoisotopic (exact) mass is 289 g/mol. The molecule has 104 valence electrons. The maximum absolute atomic E-state index is 11.7. The first-order chi connectivity index (χ1) is 9.66. The van der Waals surface area contributed by atoms with E-state index in [9.17, 15) is 9.59 Å². The number of carbonyl (C=O) groups excluding carboxylic acids is 2. The van der Waals surface area contributed by atoms with Crippen molar-refractivity contribution in [3.8, 4) is 0 Å². The summed E-state index contributed by atoms with van der Waals surface area (Å²) in [5.74, 6) is -1.14.